The van der Waals surface area contributed by atoms with Gasteiger partial charge in [0.25, 0.3) is 0 Å². The van der Waals surface area contributed by atoms with Gasteiger partial charge in [-0.15, -0.1) is 0 Å². The Hall–Kier alpha value is -2.44. The number of piperazine rings is 1. The van der Waals surface area contributed by atoms with E-state index in [9.17, 15) is 4.79 Å². The van der Waals surface area contributed by atoms with Crippen LogP contribution in [-0.2, 0) is 6.42 Å². The minimum atomic E-state index is -0.115. The van der Waals surface area contributed by atoms with E-state index in [2.05, 4.69) is 62.8 Å². The molecule has 144 valence electrons. The number of hydrogen-bond acceptors (Lipinski definition) is 4. The molecule has 2 heterocycles. The molecule has 1 saturated heterocycles. The van der Waals surface area contributed by atoms with Gasteiger partial charge in [0.15, 0.2) is 0 Å². The van der Waals surface area contributed by atoms with Gasteiger partial charge in [-0.3, -0.25) is 9.88 Å². The molecule has 0 spiro atoms. The third-order valence-electron chi connectivity index (χ3n) is 4.96. The molecule has 3 rings (SSSR count). The van der Waals surface area contributed by atoms with Crippen molar-refractivity contribution >= 4 is 6.03 Å². The lowest BCUT2D eigenvalue weighted by Crippen LogP contribution is -2.49. The number of rotatable bonds is 7. The number of likely N-dealkylation sites (N-methyl/N-ethyl adjacent to an activating group) is 1. The number of benzene rings is 1. The van der Waals surface area contributed by atoms with Crippen LogP contribution in [0, 0.1) is 0 Å². The quantitative estimate of drug-likeness (QED) is 0.785. The van der Waals surface area contributed by atoms with E-state index in [1.54, 1.807) is 6.20 Å². The first-order valence-corrected chi connectivity index (χ1v) is 9.61. The zero-order valence-electron chi connectivity index (χ0n) is 16.0. The van der Waals surface area contributed by atoms with E-state index in [1.807, 2.05) is 18.2 Å². The summed E-state index contributed by atoms with van der Waals surface area (Å²) in [5.74, 6) is 0. The van der Waals surface area contributed by atoms with Gasteiger partial charge >= 0.3 is 6.03 Å². The van der Waals surface area contributed by atoms with Gasteiger partial charge in [0.1, 0.15) is 0 Å². The second-order valence-electron chi connectivity index (χ2n) is 6.98. The van der Waals surface area contributed by atoms with Gasteiger partial charge in [0.05, 0.1) is 0 Å². The molecule has 2 amide bonds. The van der Waals surface area contributed by atoms with Crippen molar-refractivity contribution in [1.29, 1.82) is 0 Å². The Morgan fingerprint density at radius 1 is 1.07 bits per heavy atom. The number of nitrogens with one attached hydrogen (secondary N) is 2. The Labute approximate surface area is 161 Å². The highest BCUT2D eigenvalue weighted by Crippen LogP contribution is 2.24. The molecule has 6 heteroatoms. The lowest BCUT2D eigenvalue weighted by atomic mass is 10.0. The average molecular weight is 367 g/mol. The molecule has 0 aliphatic carbocycles. The largest absolute Gasteiger partial charge is 0.338 e. The monoisotopic (exact) mass is 367 g/mol. The highest BCUT2D eigenvalue weighted by Gasteiger charge is 2.26. The van der Waals surface area contributed by atoms with Crippen LogP contribution in [0.25, 0.3) is 0 Å². The lowest BCUT2D eigenvalue weighted by Gasteiger charge is -2.40. The molecule has 2 aromatic rings. The van der Waals surface area contributed by atoms with Crippen LogP contribution in [0.3, 0.4) is 0 Å². The van der Waals surface area contributed by atoms with Gasteiger partial charge in [0.2, 0.25) is 0 Å². The van der Waals surface area contributed by atoms with Gasteiger partial charge < -0.3 is 15.5 Å². The van der Waals surface area contributed by atoms with Crippen LogP contribution >= 0.6 is 0 Å². The van der Waals surface area contributed by atoms with Crippen molar-refractivity contribution in [2.75, 3.05) is 46.3 Å². The molecule has 0 radical (unpaired) electrons. The fourth-order valence-corrected chi connectivity index (χ4v) is 3.44. The summed E-state index contributed by atoms with van der Waals surface area (Å²) >= 11 is 0. The number of carbonyl (C=O) groups excluding carboxylic acids is 1. The van der Waals surface area contributed by atoms with Gasteiger partial charge in [-0.2, -0.15) is 0 Å². The van der Waals surface area contributed by atoms with Gasteiger partial charge in [-0.05, 0) is 24.7 Å². The second kappa shape index (κ2) is 10.0. The molecular weight excluding hydrogens is 338 g/mol. The minimum Gasteiger partial charge on any atom is -0.338 e. The summed E-state index contributed by atoms with van der Waals surface area (Å²) in [6.45, 7) is 5.16. The van der Waals surface area contributed by atoms with Crippen LogP contribution in [0.2, 0.25) is 0 Å². The normalized spacial score (nSPS) is 18.2. The highest BCUT2D eigenvalue weighted by atomic mass is 16.2. The summed E-state index contributed by atoms with van der Waals surface area (Å²) in [5, 5.41) is 5.88. The Balaban J connectivity index is 1.41. The number of pyridine rings is 1. The molecule has 0 bridgehead atoms. The summed E-state index contributed by atoms with van der Waals surface area (Å²) in [7, 11) is 2.17. The zero-order chi connectivity index (χ0) is 18.9. The van der Waals surface area contributed by atoms with Crippen LogP contribution in [0.15, 0.2) is 54.7 Å². The maximum Gasteiger partial charge on any atom is 0.314 e. The SMILES string of the molecule is CN1CCN(CCNC(=O)NCCc2ccccn2)C(c2ccccc2)C1. The molecule has 0 saturated carbocycles. The molecular formula is C21H29N5O. The van der Waals surface area contributed by atoms with E-state index in [0.29, 0.717) is 19.1 Å². The van der Waals surface area contributed by atoms with E-state index < -0.39 is 0 Å². The number of nitrogens with zero attached hydrogens (tertiary/aromatic N) is 3. The molecule has 1 aliphatic heterocycles. The molecule has 1 unspecified atom stereocenters. The standard InChI is InChI=1S/C21H29N5O/c1-25-15-16-26(20(17-25)18-7-3-2-4-8-18)14-13-24-21(27)23-12-10-19-9-5-6-11-22-19/h2-9,11,20H,10,12-17H2,1H3,(H2,23,24,27). The number of hydrogen-bond donors (Lipinski definition) is 2. The summed E-state index contributed by atoms with van der Waals surface area (Å²) in [4.78, 5) is 21.1. The Morgan fingerprint density at radius 2 is 1.85 bits per heavy atom. The van der Waals surface area contributed by atoms with Crippen molar-refractivity contribution in [1.82, 2.24) is 25.4 Å². The predicted octanol–water partition coefficient (Wildman–Crippen LogP) is 1.91. The van der Waals surface area contributed by atoms with Crippen LogP contribution in [0.1, 0.15) is 17.3 Å². The maximum absolute atomic E-state index is 12.0. The summed E-state index contributed by atoms with van der Waals surface area (Å²) in [6.07, 6.45) is 2.51. The van der Waals surface area contributed by atoms with E-state index in [4.69, 9.17) is 0 Å². The molecule has 27 heavy (non-hydrogen) atoms. The Bertz CT molecular complexity index is 694. The van der Waals surface area contributed by atoms with Crippen LogP contribution in [-0.4, -0.2) is 67.1 Å². The third kappa shape index (κ3) is 6.05. The molecule has 6 nitrogen and oxygen atoms in total. The van der Waals surface area contributed by atoms with Crippen molar-refractivity contribution in [2.45, 2.75) is 12.5 Å². The van der Waals surface area contributed by atoms with Crippen molar-refractivity contribution in [2.24, 2.45) is 0 Å². The molecule has 1 aliphatic rings. The predicted molar refractivity (Wildman–Crippen MR) is 108 cm³/mol. The highest BCUT2D eigenvalue weighted by molar-refractivity contribution is 5.73. The van der Waals surface area contributed by atoms with Crippen LogP contribution in [0.4, 0.5) is 4.79 Å². The zero-order valence-corrected chi connectivity index (χ0v) is 16.0. The smallest absolute Gasteiger partial charge is 0.314 e. The van der Waals surface area contributed by atoms with Crippen molar-refractivity contribution in [3.05, 3.63) is 66.0 Å². The molecule has 1 aromatic carbocycles. The summed E-state index contributed by atoms with van der Waals surface area (Å²) in [6, 6.07) is 16.7. The van der Waals surface area contributed by atoms with E-state index in [0.717, 1.165) is 38.3 Å². The van der Waals surface area contributed by atoms with Gasteiger partial charge in [0, 0.05) is 63.6 Å². The van der Waals surface area contributed by atoms with Crippen molar-refractivity contribution in [3.8, 4) is 0 Å². The van der Waals surface area contributed by atoms with Gasteiger partial charge in [-0.25, -0.2) is 4.79 Å². The van der Waals surface area contributed by atoms with E-state index in [1.165, 1.54) is 5.56 Å². The molecule has 1 fully saturated rings. The molecule has 1 aromatic heterocycles. The second-order valence-corrected chi connectivity index (χ2v) is 6.98. The first-order chi connectivity index (χ1) is 13.2. The van der Waals surface area contributed by atoms with Crippen LogP contribution < -0.4 is 10.6 Å². The first kappa shape index (κ1) is 19.3. The van der Waals surface area contributed by atoms with Gasteiger partial charge in [-0.1, -0.05) is 36.4 Å². The van der Waals surface area contributed by atoms with E-state index >= 15 is 0 Å². The summed E-state index contributed by atoms with van der Waals surface area (Å²) in [5.41, 5.74) is 2.32. The fraction of sp³-hybridized carbons (Fsp3) is 0.429. The average Bonchev–Trinajstić information content (AvgIpc) is 2.70. The third-order valence-corrected chi connectivity index (χ3v) is 4.96. The summed E-state index contributed by atoms with van der Waals surface area (Å²) < 4.78 is 0. The maximum atomic E-state index is 12.0. The number of amides is 2. The molecule has 2 N–H and O–H groups in total. The first-order valence-electron chi connectivity index (χ1n) is 9.61. The number of urea groups is 1. The fourth-order valence-electron chi connectivity index (χ4n) is 3.44. The molecule has 1 atom stereocenters. The van der Waals surface area contributed by atoms with E-state index in [-0.39, 0.29) is 6.03 Å². The number of aromatic nitrogens is 1. The van der Waals surface area contributed by atoms with Crippen LogP contribution in [0.5, 0.6) is 0 Å². The number of carbonyl (C=O) groups is 1. The topological polar surface area (TPSA) is 60.5 Å². The minimum absolute atomic E-state index is 0.115. The van der Waals surface area contributed by atoms with Crippen molar-refractivity contribution < 1.29 is 4.79 Å². The van der Waals surface area contributed by atoms with Crippen molar-refractivity contribution in [3.63, 3.8) is 0 Å². The lowest BCUT2D eigenvalue weighted by molar-refractivity contribution is 0.0912. The Kier molecular flexibility index (Phi) is 7.19. The Morgan fingerprint density at radius 3 is 2.63 bits per heavy atom.